The monoisotopic (exact) mass is 214 g/mol. The molecule has 12 heavy (non-hydrogen) atoms. The average Bonchev–Trinajstić information content (AvgIpc) is 1.96. The lowest BCUT2D eigenvalue weighted by atomic mass is 10.5. The van der Waals surface area contributed by atoms with Crippen molar-refractivity contribution in [2.45, 2.75) is 13.8 Å². The van der Waals surface area contributed by atoms with Gasteiger partial charge in [0.15, 0.2) is 0 Å². The summed E-state index contributed by atoms with van der Waals surface area (Å²) < 4.78 is 23.1. The number of halogens is 1. The van der Waals surface area contributed by atoms with Crippen LogP contribution in [0.3, 0.4) is 0 Å². The van der Waals surface area contributed by atoms with Crippen molar-refractivity contribution in [3.8, 4) is 0 Å². The minimum atomic E-state index is -3.54. The quantitative estimate of drug-likeness (QED) is 0.652. The molecule has 0 unspecified atom stereocenters. The minimum absolute atomic E-state index is 0.369. The molecule has 0 spiro atoms. The summed E-state index contributed by atoms with van der Waals surface area (Å²) in [5.74, 6) is 0. The maximum atomic E-state index is 10.4. The largest absolute Gasteiger partial charge is 0.303 e. The topological polar surface area (TPSA) is 49.4 Å². The van der Waals surface area contributed by atoms with Gasteiger partial charge in [-0.3, -0.25) is 0 Å². The van der Waals surface area contributed by atoms with Crippen molar-refractivity contribution in [3.63, 3.8) is 0 Å². The van der Waals surface area contributed by atoms with E-state index in [1.54, 1.807) is 0 Å². The van der Waals surface area contributed by atoms with E-state index in [0.717, 1.165) is 13.1 Å². The normalized spacial score (nSPS) is 12.3. The van der Waals surface area contributed by atoms with Gasteiger partial charge in [-0.05, 0) is 13.1 Å². The molecule has 0 aromatic carbocycles. The van der Waals surface area contributed by atoms with Crippen molar-refractivity contribution in [1.82, 2.24) is 9.62 Å². The van der Waals surface area contributed by atoms with Crippen LogP contribution in [0, 0.1) is 0 Å². The molecule has 0 aliphatic heterocycles. The molecule has 0 radical (unpaired) electrons. The number of nitrogens with zero attached hydrogens (tertiary/aromatic N) is 1. The Balaban J connectivity index is 3.55. The molecule has 0 saturated heterocycles. The van der Waals surface area contributed by atoms with Crippen molar-refractivity contribution in [3.05, 3.63) is 0 Å². The van der Waals surface area contributed by atoms with E-state index in [4.69, 9.17) is 10.7 Å². The number of likely N-dealkylation sites (N-methyl/N-ethyl adjacent to an activating group) is 1. The van der Waals surface area contributed by atoms with E-state index in [1.807, 2.05) is 13.8 Å². The molecule has 6 heteroatoms. The first kappa shape index (κ1) is 12.2. The fourth-order valence-electron chi connectivity index (χ4n) is 0.866. The maximum Gasteiger partial charge on any atom is 0.297 e. The van der Waals surface area contributed by atoms with E-state index in [-0.39, 0.29) is 0 Å². The predicted molar refractivity (Wildman–Crippen MR) is 50.6 cm³/mol. The second-order valence-electron chi connectivity index (χ2n) is 2.36. The third-order valence-corrected chi connectivity index (χ3v) is 2.47. The van der Waals surface area contributed by atoms with Crippen LogP contribution in [-0.4, -0.2) is 39.5 Å². The molecule has 0 heterocycles. The van der Waals surface area contributed by atoms with E-state index in [9.17, 15) is 8.42 Å². The summed E-state index contributed by atoms with van der Waals surface area (Å²) in [7, 11) is 1.40. The first-order chi connectivity index (χ1) is 5.49. The Morgan fingerprint density at radius 1 is 1.33 bits per heavy atom. The average molecular weight is 215 g/mol. The van der Waals surface area contributed by atoms with Crippen LogP contribution in [0.5, 0.6) is 0 Å². The van der Waals surface area contributed by atoms with Gasteiger partial charge in [-0.15, -0.1) is 0 Å². The summed E-state index contributed by atoms with van der Waals surface area (Å²) in [6.45, 7) is 6.95. The summed E-state index contributed by atoms with van der Waals surface area (Å²) in [5.41, 5.74) is 0. The Morgan fingerprint density at radius 3 is 2.17 bits per heavy atom. The molecule has 0 aromatic rings. The van der Waals surface area contributed by atoms with E-state index in [2.05, 4.69) is 9.62 Å². The Hall–Kier alpha value is 0.160. The molecule has 74 valence electrons. The zero-order chi connectivity index (χ0) is 9.61. The van der Waals surface area contributed by atoms with Crippen LogP contribution in [0.25, 0.3) is 0 Å². The predicted octanol–water partition coefficient (Wildman–Crippen LogP) is 0.401. The van der Waals surface area contributed by atoms with E-state index in [0.29, 0.717) is 13.1 Å². The lowest BCUT2D eigenvalue weighted by Gasteiger charge is -2.16. The zero-order valence-corrected chi connectivity index (χ0v) is 8.95. The van der Waals surface area contributed by atoms with Crippen molar-refractivity contribution < 1.29 is 8.42 Å². The highest BCUT2D eigenvalue weighted by Gasteiger charge is 2.03. The number of rotatable bonds is 6. The lowest BCUT2D eigenvalue weighted by Crippen LogP contribution is -2.33. The Labute approximate surface area is 78.4 Å². The molecule has 4 nitrogen and oxygen atoms in total. The summed E-state index contributed by atoms with van der Waals surface area (Å²) in [5, 5.41) is 0. The van der Waals surface area contributed by atoms with Crippen LogP contribution in [0.4, 0.5) is 0 Å². The van der Waals surface area contributed by atoms with Crippen LogP contribution >= 0.6 is 10.7 Å². The van der Waals surface area contributed by atoms with Crippen LogP contribution in [0.15, 0.2) is 0 Å². The van der Waals surface area contributed by atoms with Gasteiger partial charge in [-0.1, -0.05) is 13.8 Å². The first-order valence-corrected chi connectivity index (χ1v) is 6.22. The molecule has 0 aromatic heterocycles. The van der Waals surface area contributed by atoms with Gasteiger partial charge in [-0.25, -0.2) is 4.72 Å². The molecule has 1 N–H and O–H groups in total. The van der Waals surface area contributed by atoms with Gasteiger partial charge in [0.2, 0.25) is 0 Å². The van der Waals surface area contributed by atoms with Crippen molar-refractivity contribution in [2.24, 2.45) is 0 Å². The molecule has 0 rings (SSSR count). The molecular weight excluding hydrogens is 200 g/mol. The van der Waals surface area contributed by atoms with E-state index < -0.39 is 9.24 Å². The second kappa shape index (κ2) is 5.75. The fraction of sp³-hybridized carbons (Fsp3) is 1.00. The lowest BCUT2D eigenvalue weighted by molar-refractivity contribution is 0.309. The zero-order valence-electron chi connectivity index (χ0n) is 7.38. The third kappa shape index (κ3) is 6.84. The summed E-state index contributed by atoms with van der Waals surface area (Å²) in [6, 6.07) is 0. The molecule has 0 amide bonds. The standard InChI is InChI=1S/C6H15ClN2O2S/c1-3-9(4-2)6-5-8-12(7,10)11/h8H,3-6H2,1-2H3. The molecule has 0 aliphatic rings. The van der Waals surface area contributed by atoms with E-state index >= 15 is 0 Å². The number of hydrogen-bond acceptors (Lipinski definition) is 3. The van der Waals surface area contributed by atoms with Crippen LogP contribution in [-0.2, 0) is 9.24 Å². The SMILES string of the molecule is CCN(CC)CCNS(=O)(=O)Cl. The van der Waals surface area contributed by atoms with Gasteiger partial charge < -0.3 is 4.90 Å². The van der Waals surface area contributed by atoms with Crippen LogP contribution < -0.4 is 4.72 Å². The second-order valence-corrected chi connectivity index (χ2v) is 4.74. The Kier molecular flexibility index (Phi) is 5.82. The highest BCUT2D eigenvalue weighted by molar-refractivity contribution is 8.12. The Morgan fingerprint density at radius 2 is 1.83 bits per heavy atom. The van der Waals surface area contributed by atoms with Gasteiger partial charge in [-0.2, -0.15) is 8.42 Å². The molecule has 0 fully saturated rings. The van der Waals surface area contributed by atoms with Gasteiger partial charge in [0.25, 0.3) is 9.24 Å². The minimum Gasteiger partial charge on any atom is -0.303 e. The highest BCUT2D eigenvalue weighted by atomic mass is 35.7. The van der Waals surface area contributed by atoms with Crippen molar-refractivity contribution >= 4 is 19.9 Å². The van der Waals surface area contributed by atoms with Crippen molar-refractivity contribution in [2.75, 3.05) is 26.2 Å². The maximum absolute atomic E-state index is 10.4. The van der Waals surface area contributed by atoms with Crippen molar-refractivity contribution in [1.29, 1.82) is 0 Å². The number of nitrogens with one attached hydrogen (secondary N) is 1. The molecular formula is C6H15ClN2O2S. The van der Waals surface area contributed by atoms with Crippen LogP contribution in [0.1, 0.15) is 13.8 Å². The van der Waals surface area contributed by atoms with Gasteiger partial charge >= 0.3 is 0 Å². The van der Waals surface area contributed by atoms with Gasteiger partial charge in [0, 0.05) is 23.8 Å². The summed E-state index contributed by atoms with van der Waals surface area (Å²) in [4.78, 5) is 2.11. The summed E-state index contributed by atoms with van der Waals surface area (Å²) in [6.07, 6.45) is 0. The molecule has 0 saturated carbocycles. The summed E-state index contributed by atoms with van der Waals surface area (Å²) >= 11 is 0. The molecule has 0 atom stereocenters. The smallest absolute Gasteiger partial charge is 0.297 e. The van der Waals surface area contributed by atoms with Gasteiger partial charge in [0.05, 0.1) is 0 Å². The highest BCUT2D eigenvalue weighted by Crippen LogP contribution is 1.90. The van der Waals surface area contributed by atoms with Gasteiger partial charge in [0.1, 0.15) is 0 Å². The fourth-order valence-corrected chi connectivity index (χ4v) is 1.43. The Bertz CT molecular complexity index is 202. The molecule has 0 aliphatic carbocycles. The van der Waals surface area contributed by atoms with E-state index in [1.165, 1.54) is 0 Å². The van der Waals surface area contributed by atoms with Crippen LogP contribution in [0.2, 0.25) is 0 Å². The third-order valence-electron chi connectivity index (χ3n) is 1.60. The first-order valence-electron chi connectivity index (χ1n) is 3.91. The molecule has 0 bridgehead atoms. The number of hydrogen-bond donors (Lipinski definition) is 1.